The summed E-state index contributed by atoms with van der Waals surface area (Å²) in [5.74, 6) is 2.66. The first-order valence-electron chi connectivity index (χ1n) is 8.25. The third-order valence-electron chi connectivity index (χ3n) is 4.52. The fourth-order valence-electron chi connectivity index (χ4n) is 3.25. The zero-order valence-electron chi connectivity index (χ0n) is 13.4. The van der Waals surface area contributed by atoms with Gasteiger partial charge in [0.2, 0.25) is 0 Å². The molecule has 6 heteroatoms. The van der Waals surface area contributed by atoms with Gasteiger partial charge in [0.05, 0.1) is 13.2 Å². The average molecular weight is 314 g/mol. The average Bonchev–Trinajstić information content (AvgIpc) is 3.21. The Morgan fingerprint density at radius 2 is 2.30 bits per heavy atom. The molecule has 3 heterocycles. The van der Waals surface area contributed by atoms with E-state index in [0.29, 0.717) is 0 Å². The largest absolute Gasteiger partial charge is 0.493 e. The van der Waals surface area contributed by atoms with Crippen LogP contribution in [0.3, 0.4) is 0 Å². The topological polar surface area (TPSA) is 63.3 Å². The number of aryl methyl sites for hydroxylation is 1. The van der Waals surface area contributed by atoms with E-state index in [2.05, 4.69) is 38.3 Å². The van der Waals surface area contributed by atoms with Crippen molar-refractivity contribution in [3.05, 3.63) is 41.0 Å². The molecule has 1 aromatic heterocycles. The Bertz CT molecular complexity index is 685. The van der Waals surface area contributed by atoms with Gasteiger partial charge in [0, 0.05) is 26.1 Å². The highest BCUT2D eigenvalue weighted by atomic mass is 16.5. The first-order chi connectivity index (χ1) is 11.3. The van der Waals surface area contributed by atoms with E-state index < -0.39 is 0 Å². The van der Waals surface area contributed by atoms with Crippen LogP contribution in [0.15, 0.2) is 18.2 Å². The van der Waals surface area contributed by atoms with Crippen molar-refractivity contribution in [3.8, 4) is 5.75 Å². The summed E-state index contributed by atoms with van der Waals surface area (Å²) in [6.45, 7) is 6.31. The highest BCUT2D eigenvalue weighted by molar-refractivity contribution is 5.39. The molecular formula is C17H22N4O2. The van der Waals surface area contributed by atoms with E-state index in [4.69, 9.17) is 9.47 Å². The van der Waals surface area contributed by atoms with Crippen molar-refractivity contribution in [2.24, 2.45) is 0 Å². The minimum Gasteiger partial charge on any atom is -0.493 e. The molecule has 2 aliphatic heterocycles. The summed E-state index contributed by atoms with van der Waals surface area (Å²) in [6.07, 6.45) is 2.06. The van der Waals surface area contributed by atoms with Gasteiger partial charge in [0.25, 0.3) is 0 Å². The van der Waals surface area contributed by atoms with E-state index in [1.54, 1.807) is 0 Å². The molecule has 1 atom stereocenters. The number of benzene rings is 1. The zero-order chi connectivity index (χ0) is 15.6. The first kappa shape index (κ1) is 14.7. The van der Waals surface area contributed by atoms with Gasteiger partial charge in [-0.2, -0.15) is 5.10 Å². The Hall–Kier alpha value is -1.92. The summed E-state index contributed by atoms with van der Waals surface area (Å²) in [5.41, 5.74) is 2.73. The molecule has 1 fully saturated rings. The maximum absolute atomic E-state index is 5.82. The number of hydrogen-bond donors (Lipinski definition) is 1. The van der Waals surface area contributed by atoms with Crippen LogP contribution in [0.1, 0.15) is 28.9 Å². The number of rotatable bonds is 4. The van der Waals surface area contributed by atoms with Gasteiger partial charge in [-0.25, -0.2) is 4.98 Å². The van der Waals surface area contributed by atoms with Crippen LogP contribution in [0.25, 0.3) is 0 Å². The summed E-state index contributed by atoms with van der Waals surface area (Å²) in [7, 11) is 0. The second-order valence-electron chi connectivity index (χ2n) is 6.23. The van der Waals surface area contributed by atoms with Crippen LogP contribution < -0.4 is 4.74 Å². The molecule has 0 amide bonds. The molecule has 0 saturated carbocycles. The molecule has 6 nitrogen and oxygen atoms in total. The molecule has 122 valence electrons. The van der Waals surface area contributed by atoms with Gasteiger partial charge < -0.3 is 9.47 Å². The van der Waals surface area contributed by atoms with Crippen molar-refractivity contribution in [2.45, 2.75) is 25.9 Å². The highest BCUT2D eigenvalue weighted by Gasteiger charge is 2.24. The van der Waals surface area contributed by atoms with E-state index in [-0.39, 0.29) is 6.10 Å². The normalized spacial score (nSPS) is 21.2. The van der Waals surface area contributed by atoms with Gasteiger partial charge in [0.1, 0.15) is 17.7 Å². The second kappa shape index (κ2) is 6.29. The maximum atomic E-state index is 5.82. The Balaban J connectivity index is 1.35. The molecule has 0 spiro atoms. The van der Waals surface area contributed by atoms with Gasteiger partial charge in [-0.05, 0) is 30.5 Å². The lowest BCUT2D eigenvalue weighted by molar-refractivity contribution is -0.0337. The van der Waals surface area contributed by atoms with Crippen LogP contribution in [-0.4, -0.2) is 52.9 Å². The number of nitrogens with zero attached hydrogens (tertiary/aromatic N) is 3. The van der Waals surface area contributed by atoms with E-state index in [9.17, 15) is 0 Å². The van der Waals surface area contributed by atoms with Crippen LogP contribution in [0.5, 0.6) is 5.75 Å². The van der Waals surface area contributed by atoms with E-state index in [1.807, 2.05) is 6.92 Å². The second-order valence-corrected chi connectivity index (χ2v) is 6.23. The monoisotopic (exact) mass is 314 g/mol. The molecule has 2 aliphatic rings. The summed E-state index contributed by atoms with van der Waals surface area (Å²) in [6, 6.07) is 6.58. The lowest BCUT2D eigenvalue weighted by atomic mass is 10.1. The highest BCUT2D eigenvalue weighted by Crippen LogP contribution is 2.26. The number of nitrogens with one attached hydrogen (secondary N) is 1. The SMILES string of the molecule is Cc1nc(C2CN(CCc3ccc4c(c3)CCO4)CCO2)n[nH]1. The number of hydrogen-bond acceptors (Lipinski definition) is 5. The molecule has 4 rings (SSSR count). The lowest BCUT2D eigenvalue weighted by Crippen LogP contribution is -2.39. The van der Waals surface area contributed by atoms with Crippen molar-refractivity contribution in [1.29, 1.82) is 0 Å². The lowest BCUT2D eigenvalue weighted by Gasteiger charge is -2.31. The molecule has 1 N–H and O–H groups in total. The van der Waals surface area contributed by atoms with Crippen LogP contribution in [0.4, 0.5) is 0 Å². The summed E-state index contributed by atoms with van der Waals surface area (Å²) in [5, 5.41) is 7.12. The molecule has 2 aromatic rings. The quantitative estimate of drug-likeness (QED) is 0.930. The number of morpholine rings is 1. The van der Waals surface area contributed by atoms with Gasteiger partial charge in [-0.15, -0.1) is 0 Å². The molecule has 1 saturated heterocycles. The number of H-pyrrole nitrogens is 1. The number of aromatic nitrogens is 3. The van der Waals surface area contributed by atoms with E-state index in [1.165, 1.54) is 11.1 Å². The third-order valence-corrected chi connectivity index (χ3v) is 4.52. The van der Waals surface area contributed by atoms with Crippen molar-refractivity contribution < 1.29 is 9.47 Å². The predicted octanol–water partition coefficient (Wildman–Crippen LogP) is 1.66. The standard InChI is InChI=1S/C17H22N4O2/c1-12-18-17(20-19-12)16-11-21(7-9-23-16)6-4-13-2-3-15-14(10-13)5-8-22-15/h2-3,10,16H,4-9,11H2,1H3,(H,18,19,20). The zero-order valence-corrected chi connectivity index (χ0v) is 13.4. The van der Waals surface area contributed by atoms with Gasteiger partial charge in [-0.3, -0.25) is 10.00 Å². The molecule has 0 radical (unpaired) electrons. The molecule has 0 aliphatic carbocycles. The smallest absolute Gasteiger partial charge is 0.180 e. The fourth-order valence-corrected chi connectivity index (χ4v) is 3.25. The number of aromatic amines is 1. The minimum absolute atomic E-state index is 0.0258. The fraction of sp³-hybridized carbons (Fsp3) is 0.529. The predicted molar refractivity (Wildman–Crippen MR) is 85.6 cm³/mol. The Morgan fingerprint density at radius 3 is 3.17 bits per heavy atom. The molecule has 23 heavy (non-hydrogen) atoms. The summed E-state index contributed by atoms with van der Waals surface area (Å²) < 4.78 is 11.4. The van der Waals surface area contributed by atoms with E-state index >= 15 is 0 Å². The van der Waals surface area contributed by atoms with Crippen LogP contribution >= 0.6 is 0 Å². The Kier molecular flexibility index (Phi) is 4.01. The number of fused-ring (bicyclic) bond motifs is 1. The van der Waals surface area contributed by atoms with Crippen molar-refractivity contribution in [2.75, 3.05) is 32.8 Å². The molecule has 1 unspecified atom stereocenters. The van der Waals surface area contributed by atoms with E-state index in [0.717, 1.165) is 63.1 Å². The first-order valence-corrected chi connectivity index (χ1v) is 8.25. The third kappa shape index (κ3) is 3.23. The summed E-state index contributed by atoms with van der Waals surface area (Å²) >= 11 is 0. The van der Waals surface area contributed by atoms with Gasteiger partial charge in [0.15, 0.2) is 5.82 Å². The van der Waals surface area contributed by atoms with Crippen molar-refractivity contribution >= 4 is 0 Å². The maximum Gasteiger partial charge on any atom is 0.180 e. The minimum atomic E-state index is -0.0258. The molecule has 0 bridgehead atoms. The number of ether oxygens (including phenoxy) is 2. The van der Waals surface area contributed by atoms with Gasteiger partial charge >= 0.3 is 0 Å². The van der Waals surface area contributed by atoms with Crippen LogP contribution in [0, 0.1) is 6.92 Å². The molecular weight excluding hydrogens is 292 g/mol. The van der Waals surface area contributed by atoms with Crippen LogP contribution in [0.2, 0.25) is 0 Å². The summed E-state index contributed by atoms with van der Waals surface area (Å²) in [4.78, 5) is 6.83. The van der Waals surface area contributed by atoms with Crippen LogP contribution in [-0.2, 0) is 17.6 Å². The Morgan fingerprint density at radius 1 is 1.35 bits per heavy atom. The van der Waals surface area contributed by atoms with Crippen molar-refractivity contribution in [3.63, 3.8) is 0 Å². The van der Waals surface area contributed by atoms with Gasteiger partial charge in [-0.1, -0.05) is 12.1 Å². The Labute approximate surface area is 135 Å². The van der Waals surface area contributed by atoms with Crippen molar-refractivity contribution in [1.82, 2.24) is 20.1 Å². The molecule has 1 aromatic carbocycles.